The monoisotopic (exact) mass is 305 g/mol. The first-order chi connectivity index (χ1) is 8.24. The quantitative estimate of drug-likeness (QED) is 0.749. The number of anilines is 1. The summed E-state index contributed by atoms with van der Waals surface area (Å²) in [6.07, 6.45) is 0.900. The second-order valence-corrected chi connectivity index (χ2v) is 4.36. The van der Waals surface area contributed by atoms with Crippen molar-refractivity contribution >= 4 is 21.6 Å². The molecule has 0 aliphatic rings. The van der Waals surface area contributed by atoms with Gasteiger partial charge in [-0.1, -0.05) is 0 Å². The van der Waals surface area contributed by atoms with Crippen LogP contribution in [0.1, 0.15) is 6.42 Å². The number of nitrogens with one attached hydrogen (secondary N) is 1. The maximum absolute atomic E-state index is 12.8. The van der Waals surface area contributed by atoms with Crippen molar-refractivity contribution in [1.29, 1.82) is 0 Å². The maximum atomic E-state index is 12.8. The largest absolute Gasteiger partial charge is 0.385 e. The number of hydrogen-bond donors (Lipinski definition) is 1. The van der Waals surface area contributed by atoms with Gasteiger partial charge in [-0.25, -0.2) is 4.39 Å². The summed E-state index contributed by atoms with van der Waals surface area (Å²) in [7, 11) is 1.67. The third kappa shape index (κ3) is 6.00. The Kier molecular flexibility index (Phi) is 7.16. The molecule has 0 amide bonds. The Hall–Kier alpha value is -0.650. The van der Waals surface area contributed by atoms with Crippen LogP contribution < -0.4 is 5.32 Å². The first kappa shape index (κ1) is 14.4. The van der Waals surface area contributed by atoms with Gasteiger partial charge < -0.3 is 14.8 Å². The van der Waals surface area contributed by atoms with Crippen molar-refractivity contribution in [2.24, 2.45) is 0 Å². The smallest absolute Gasteiger partial charge is 0.124 e. The molecule has 0 aliphatic heterocycles. The van der Waals surface area contributed by atoms with Gasteiger partial charge in [0.15, 0.2) is 0 Å². The average Bonchev–Trinajstić information content (AvgIpc) is 2.30. The molecule has 96 valence electrons. The Labute approximate surface area is 109 Å². The normalized spacial score (nSPS) is 10.5. The molecule has 0 saturated heterocycles. The average molecular weight is 306 g/mol. The Balaban J connectivity index is 2.14. The van der Waals surface area contributed by atoms with Crippen molar-refractivity contribution in [3.05, 3.63) is 28.5 Å². The van der Waals surface area contributed by atoms with Gasteiger partial charge in [0.05, 0.1) is 6.61 Å². The van der Waals surface area contributed by atoms with Crippen molar-refractivity contribution in [1.82, 2.24) is 0 Å². The van der Waals surface area contributed by atoms with E-state index in [0.717, 1.165) is 23.2 Å². The number of hydrogen-bond acceptors (Lipinski definition) is 3. The van der Waals surface area contributed by atoms with Crippen molar-refractivity contribution in [3.8, 4) is 0 Å². The van der Waals surface area contributed by atoms with Crippen LogP contribution in [-0.4, -0.2) is 33.5 Å². The summed E-state index contributed by atoms with van der Waals surface area (Å²) < 4.78 is 23.8. The first-order valence-electron chi connectivity index (χ1n) is 5.49. The third-order valence-corrected chi connectivity index (χ3v) is 2.79. The maximum Gasteiger partial charge on any atom is 0.124 e. The highest BCUT2D eigenvalue weighted by Crippen LogP contribution is 2.22. The van der Waals surface area contributed by atoms with E-state index in [1.165, 1.54) is 12.1 Å². The van der Waals surface area contributed by atoms with Gasteiger partial charge in [0.2, 0.25) is 0 Å². The molecule has 0 heterocycles. The molecule has 1 N–H and O–H groups in total. The van der Waals surface area contributed by atoms with Gasteiger partial charge in [0.25, 0.3) is 0 Å². The number of halogens is 2. The molecule has 1 aromatic carbocycles. The van der Waals surface area contributed by atoms with E-state index in [9.17, 15) is 4.39 Å². The second kappa shape index (κ2) is 8.44. The Morgan fingerprint density at radius 1 is 1.29 bits per heavy atom. The van der Waals surface area contributed by atoms with Crippen LogP contribution in [0.2, 0.25) is 0 Å². The van der Waals surface area contributed by atoms with Crippen molar-refractivity contribution < 1.29 is 13.9 Å². The van der Waals surface area contributed by atoms with E-state index in [-0.39, 0.29) is 5.82 Å². The van der Waals surface area contributed by atoms with Crippen molar-refractivity contribution in [3.63, 3.8) is 0 Å². The molecule has 1 rings (SSSR count). The molecule has 17 heavy (non-hydrogen) atoms. The van der Waals surface area contributed by atoms with Gasteiger partial charge in [-0.05, 0) is 40.5 Å². The predicted molar refractivity (Wildman–Crippen MR) is 69.9 cm³/mol. The summed E-state index contributed by atoms with van der Waals surface area (Å²) in [6.45, 7) is 2.72. The fourth-order valence-electron chi connectivity index (χ4n) is 1.30. The van der Waals surface area contributed by atoms with Gasteiger partial charge >= 0.3 is 0 Å². The molecule has 0 fully saturated rings. The molecule has 0 radical (unpaired) electrons. The number of methoxy groups -OCH3 is 1. The summed E-state index contributed by atoms with van der Waals surface area (Å²) in [4.78, 5) is 0. The minimum atomic E-state index is -0.252. The highest BCUT2D eigenvalue weighted by Gasteiger charge is 2.00. The Morgan fingerprint density at radius 3 is 2.82 bits per heavy atom. The second-order valence-electron chi connectivity index (χ2n) is 3.51. The Morgan fingerprint density at radius 2 is 2.12 bits per heavy atom. The summed E-state index contributed by atoms with van der Waals surface area (Å²) in [5.74, 6) is -0.252. The van der Waals surface area contributed by atoms with Crippen LogP contribution in [-0.2, 0) is 9.47 Å². The third-order valence-electron chi connectivity index (χ3n) is 2.13. The van der Waals surface area contributed by atoms with Gasteiger partial charge in [0, 0.05) is 37.0 Å². The van der Waals surface area contributed by atoms with Gasteiger partial charge in [0.1, 0.15) is 5.82 Å². The lowest BCUT2D eigenvalue weighted by molar-refractivity contribution is 0.109. The minimum absolute atomic E-state index is 0.252. The molecule has 0 spiro atoms. The van der Waals surface area contributed by atoms with Gasteiger partial charge in [-0.3, -0.25) is 0 Å². The zero-order valence-corrected chi connectivity index (χ0v) is 11.4. The van der Waals surface area contributed by atoms with Crippen LogP contribution in [0.25, 0.3) is 0 Å². The SMILES string of the molecule is COCCCOCCNc1ccc(F)cc1Br. The standard InChI is InChI=1S/C12H17BrFNO2/c1-16-6-2-7-17-8-5-15-12-4-3-10(14)9-11(12)13/h3-4,9,15H,2,5-8H2,1H3. The van der Waals surface area contributed by atoms with E-state index in [4.69, 9.17) is 9.47 Å². The van der Waals surface area contributed by atoms with E-state index in [1.54, 1.807) is 13.2 Å². The fraction of sp³-hybridized carbons (Fsp3) is 0.500. The molecule has 0 saturated carbocycles. The van der Waals surface area contributed by atoms with Crippen molar-refractivity contribution in [2.45, 2.75) is 6.42 Å². The van der Waals surface area contributed by atoms with Crippen LogP contribution in [0.5, 0.6) is 0 Å². The van der Waals surface area contributed by atoms with Crippen LogP contribution in [0.15, 0.2) is 22.7 Å². The lowest BCUT2D eigenvalue weighted by Crippen LogP contribution is -2.11. The topological polar surface area (TPSA) is 30.5 Å². The van der Waals surface area contributed by atoms with E-state index in [2.05, 4.69) is 21.2 Å². The molecule has 0 aromatic heterocycles. The highest BCUT2D eigenvalue weighted by atomic mass is 79.9. The van der Waals surface area contributed by atoms with Crippen LogP contribution in [0, 0.1) is 5.82 Å². The van der Waals surface area contributed by atoms with Crippen LogP contribution >= 0.6 is 15.9 Å². The first-order valence-corrected chi connectivity index (χ1v) is 6.29. The minimum Gasteiger partial charge on any atom is -0.385 e. The molecule has 3 nitrogen and oxygen atoms in total. The molecule has 0 bridgehead atoms. The van der Waals surface area contributed by atoms with E-state index >= 15 is 0 Å². The number of ether oxygens (including phenoxy) is 2. The zero-order chi connectivity index (χ0) is 12.5. The summed E-state index contributed by atoms with van der Waals surface area (Å²) in [5.41, 5.74) is 0.867. The Bertz CT molecular complexity index is 336. The molecule has 0 unspecified atom stereocenters. The van der Waals surface area contributed by atoms with Crippen molar-refractivity contribution in [2.75, 3.05) is 38.8 Å². The molecule has 0 atom stereocenters. The zero-order valence-electron chi connectivity index (χ0n) is 9.84. The van der Waals surface area contributed by atoms with E-state index in [0.29, 0.717) is 19.8 Å². The lowest BCUT2D eigenvalue weighted by atomic mass is 10.3. The van der Waals surface area contributed by atoms with E-state index in [1.807, 2.05) is 0 Å². The summed E-state index contributed by atoms with van der Waals surface area (Å²) in [5, 5.41) is 3.16. The predicted octanol–water partition coefficient (Wildman–Crippen LogP) is 3.05. The number of benzene rings is 1. The molecule has 1 aromatic rings. The molecular formula is C12H17BrFNO2. The fourth-order valence-corrected chi connectivity index (χ4v) is 1.79. The van der Waals surface area contributed by atoms with Crippen LogP contribution in [0.3, 0.4) is 0 Å². The highest BCUT2D eigenvalue weighted by molar-refractivity contribution is 9.10. The summed E-state index contributed by atoms with van der Waals surface area (Å²) in [6, 6.07) is 4.55. The van der Waals surface area contributed by atoms with Crippen LogP contribution in [0.4, 0.5) is 10.1 Å². The van der Waals surface area contributed by atoms with Gasteiger partial charge in [-0.15, -0.1) is 0 Å². The van der Waals surface area contributed by atoms with E-state index < -0.39 is 0 Å². The summed E-state index contributed by atoms with van der Waals surface area (Å²) >= 11 is 3.29. The molecular weight excluding hydrogens is 289 g/mol. The van der Waals surface area contributed by atoms with Gasteiger partial charge in [-0.2, -0.15) is 0 Å². The lowest BCUT2D eigenvalue weighted by Gasteiger charge is -2.09. The number of rotatable bonds is 8. The molecule has 0 aliphatic carbocycles. The molecule has 5 heteroatoms.